The smallest absolute Gasteiger partial charge is 0.311 e. The average molecular weight is 260 g/mol. The van der Waals surface area contributed by atoms with E-state index in [0.717, 1.165) is 12.3 Å². The van der Waals surface area contributed by atoms with Crippen molar-refractivity contribution in [2.24, 2.45) is 0 Å². The van der Waals surface area contributed by atoms with Crippen molar-refractivity contribution >= 4 is 0 Å². The number of hydrogen-bond acceptors (Lipinski definition) is 4. The molecule has 8 nitrogen and oxygen atoms in total. The van der Waals surface area contributed by atoms with Gasteiger partial charge in [-0.25, -0.2) is 9.59 Å². The fraction of sp³-hybridized carbons (Fsp3) is 0. The van der Waals surface area contributed by atoms with Crippen LogP contribution in [-0.4, -0.2) is 19.7 Å². The Balaban J connectivity index is 0.000000180. The standard InChI is InChI=1S/2C4H3FN2O2/c5-2-1-6-4(9)7-3(2)8;5-7-2-1-3(8)6-4(7)9/h1H,(H2,6,7,8,9);1-2H,(H,6,8,9). The second-order valence-corrected chi connectivity index (χ2v) is 2.84. The SMILES string of the molecule is O=c1[nH]cc(F)c(=O)[nH]1.O=c1ccn(F)c(=O)[nH]1. The predicted octanol–water partition coefficient (Wildman–Crippen LogP) is -1.53. The number of H-pyrrole nitrogens is 3. The number of nitrogens with zero attached hydrogens (tertiary/aromatic N) is 1. The third-order valence-corrected chi connectivity index (χ3v) is 1.55. The van der Waals surface area contributed by atoms with E-state index >= 15 is 0 Å². The maximum absolute atomic E-state index is 12.0. The van der Waals surface area contributed by atoms with Gasteiger partial charge in [-0.2, -0.15) is 4.39 Å². The molecule has 0 saturated heterocycles. The molecule has 0 unspecified atom stereocenters. The van der Waals surface area contributed by atoms with E-state index in [-0.39, 0.29) is 4.79 Å². The van der Waals surface area contributed by atoms with Crippen LogP contribution in [-0.2, 0) is 0 Å². The number of aromatic amines is 3. The highest BCUT2D eigenvalue weighted by Crippen LogP contribution is 1.74. The highest BCUT2D eigenvalue weighted by atomic mass is 19.2. The van der Waals surface area contributed by atoms with Gasteiger partial charge in [0.15, 0.2) is 0 Å². The molecule has 2 aromatic rings. The lowest BCUT2D eigenvalue weighted by molar-refractivity contribution is 0.343. The van der Waals surface area contributed by atoms with Gasteiger partial charge in [0.05, 0.1) is 0 Å². The predicted molar refractivity (Wildman–Crippen MR) is 55.5 cm³/mol. The number of nitrogens with one attached hydrogen (secondary N) is 3. The van der Waals surface area contributed by atoms with Crippen LogP contribution in [0.2, 0.25) is 0 Å². The molecule has 0 atom stereocenters. The van der Waals surface area contributed by atoms with Gasteiger partial charge in [0.1, 0.15) is 0 Å². The molecule has 0 amide bonds. The maximum atomic E-state index is 12.0. The lowest BCUT2D eigenvalue weighted by atomic mass is 10.6. The summed E-state index contributed by atoms with van der Waals surface area (Å²) >= 11 is 0. The maximum Gasteiger partial charge on any atom is 0.356 e. The van der Waals surface area contributed by atoms with E-state index in [1.807, 2.05) is 4.98 Å². The molecular formula is C8H6F2N4O4. The molecule has 0 radical (unpaired) electrons. The summed E-state index contributed by atoms with van der Waals surface area (Å²) in [5.41, 5.74) is -3.36. The molecule has 0 aliphatic carbocycles. The Morgan fingerprint density at radius 3 is 2.22 bits per heavy atom. The molecule has 2 heterocycles. The van der Waals surface area contributed by atoms with Crippen LogP contribution in [0.4, 0.5) is 8.87 Å². The topological polar surface area (TPSA) is 121 Å². The van der Waals surface area contributed by atoms with Crippen LogP contribution in [0.3, 0.4) is 0 Å². The van der Waals surface area contributed by atoms with E-state index in [9.17, 15) is 28.0 Å². The van der Waals surface area contributed by atoms with Gasteiger partial charge in [0, 0.05) is 18.5 Å². The van der Waals surface area contributed by atoms with Gasteiger partial charge in [0.2, 0.25) is 5.82 Å². The van der Waals surface area contributed by atoms with Gasteiger partial charge in [-0.1, -0.05) is 4.48 Å². The van der Waals surface area contributed by atoms with Crippen molar-refractivity contribution in [3.63, 3.8) is 0 Å². The zero-order valence-electron chi connectivity index (χ0n) is 8.57. The Bertz CT molecular complexity index is 691. The van der Waals surface area contributed by atoms with Crippen molar-refractivity contribution in [3.05, 3.63) is 66.0 Å². The second kappa shape index (κ2) is 5.52. The lowest BCUT2D eigenvalue weighted by Crippen LogP contribution is -2.24. The Morgan fingerprint density at radius 1 is 1.11 bits per heavy atom. The molecule has 10 heteroatoms. The van der Waals surface area contributed by atoms with Gasteiger partial charge in [-0.3, -0.25) is 19.6 Å². The molecule has 96 valence electrons. The molecule has 0 bridgehead atoms. The lowest BCUT2D eigenvalue weighted by Gasteiger charge is -1.84. The zero-order chi connectivity index (χ0) is 13.7. The van der Waals surface area contributed by atoms with Crippen molar-refractivity contribution in [1.82, 2.24) is 19.7 Å². The van der Waals surface area contributed by atoms with Crippen molar-refractivity contribution in [2.75, 3.05) is 0 Å². The van der Waals surface area contributed by atoms with Crippen molar-refractivity contribution < 1.29 is 8.87 Å². The summed E-state index contributed by atoms with van der Waals surface area (Å²) in [6.07, 6.45) is 1.46. The first-order valence-electron chi connectivity index (χ1n) is 4.36. The molecule has 0 aliphatic heterocycles. The van der Waals surface area contributed by atoms with Gasteiger partial charge >= 0.3 is 11.4 Å². The van der Waals surface area contributed by atoms with E-state index in [2.05, 4.69) is 0 Å². The van der Waals surface area contributed by atoms with E-state index in [4.69, 9.17) is 0 Å². The summed E-state index contributed by atoms with van der Waals surface area (Å²) in [5.74, 6) is -0.991. The summed E-state index contributed by atoms with van der Waals surface area (Å²) in [7, 11) is 0. The van der Waals surface area contributed by atoms with Gasteiger partial charge in [0.25, 0.3) is 11.1 Å². The van der Waals surface area contributed by atoms with Crippen molar-refractivity contribution in [1.29, 1.82) is 0 Å². The first-order chi connectivity index (χ1) is 8.40. The van der Waals surface area contributed by atoms with Crippen LogP contribution < -0.4 is 22.5 Å². The summed E-state index contributed by atoms with van der Waals surface area (Å²) in [4.78, 5) is 45.9. The van der Waals surface area contributed by atoms with E-state index in [1.54, 1.807) is 9.97 Å². The first-order valence-corrected chi connectivity index (χ1v) is 4.36. The van der Waals surface area contributed by atoms with E-state index in [0.29, 0.717) is 6.20 Å². The molecule has 0 saturated carbocycles. The molecule has 2 aromatic heterocycles. The molecule has 0 aromatic carbocycles. The van der Waals surface area contributed by atoms with E-state index < -0.39 is 28.3 Å². The summed E-state index contributed by atoms with van der Waals surface area (Å²) < 4.78 is 23.9. The van der Waals surface area contributed by atoms with Crippen molar-refractivity contribution in [2.45, 2.75) is 0 Å². The zero-order valence-corrected chi connectivity index (χ0v) is 8.57. The minimum absolute atomic E-state index is 0.207. The van der Waals surface area contributed by atoms with Crippen LogP contribution in [0.25, 0.3) is 0 Å². The molecular weight excluding hydrogens is 254 g/mol. The van der Waals surface area contributed by atoms with Gasteiger partial charge in [-0.05, 0) is 0 Å². The number of halogens is 2. The van der Waals surface area contributed by atoms with Crippen LogP contribution in [0.1, 0.15) is 0 Å². The molecule has 18 heavy (non-hydrogen) atoms. The molecule has 0 aliphatic rings. The largest absolute Gasteiger partial charge is 0.356 e. The fourth-order valence-corrected chi connectivity index (χ4v) is 0.795. The summed E-state index contributed by atoms with van der Waals surface area (Å²) in [5, 5.41) is 0. The van der Waals surface area contributed by atoms with Crippen LogP contribution in [0.5, 0.6) is 0 Å². The Hall–Kier alpha value is -2.78. The molecule has 0 fully saturated rings. The minimum atomic E-state index is -1.05. The fourth-order valence-electron chi connectivity index (χ4n) is 0.795. The van der Waals surface area contributed by atoms with Crippen LogP contribution in [0, 0.1) is 5.82 Å². The molecule has 3 N–H and O–H groups in total. The van der Waals surface area contributed by atoms with Gasteiger partial charge in [-0.15, -0.1) is 4.79 Å². The molecule has 2 rings (SSSR count). The van der Waals surface area contributed by atoms with Crippen LogP contribution >= 0.6 is 0 Å². The Morgan fingerprint density at radius 2 is 1.78 bits per heavy atom. The highest BCUT2D eigenvalue weighted by molar-refractivity contribution is 4.83. The Kier molecular flexibility index (Phi) is 4.07. The average Bonchev–Trinajstić information content (AvgIpc) is 2.30. The third kappa shape index (κ3) is 3.66. The number of aromatic nitrogens is 4. The third-order valence-electron chi connectivity index (χ3n) is 1.55. The quantitative estimate of drug-likeness (QED) is 0.532. The van der Waals surface area contributed by atoms with Gasteiger partial charge < -0.3 is 4.98 Å². The Labute approximate surface area is 95.5 Å². The number of hydrogen-bond donors (Lipinski definition) is 3. The van der Waals surface area contributed by atoms with Crippen LogP contribution in [0.15, 0.2) is 37.6 Å². The summed E-state index contributed by atoms with van der Waals surface area (Å²) in [6, 6.07) is 0.918. The normalized spacial score (nSPS) is 9.44. The van der Waals surface area contributed by atoms with E-state index in [1.165, 1.54) is 0 Å². The highest BCUT2D eigenvalue weighted by Gasteiger charge is 1.93. The first kappa shape index (κ1) is 13.3. The number of rotatable bonds is 0. The molecule has 0 spiro atoms. The summed E-state index contributed by atoms with van der Waals surface area (Å²) in [6.45, 7) is 0. The monoisotopic (exact) mass is 260 g/mol. The minimum Gasteiger partial charge on any atom is -0.311 e. The van der Waals surface area contributed by atoms with Crippen molar-refractivity contribution in [3.8, 4) is 0 Å². The second-order valence-electron chi connectivity index (χ2n) is 2.84.